The van der Waals surface area contributed by atoms with Gasteiger partial charge in [-0.25, -0.2) is 8.42 Å². The number of benzene rings is 1. The van der Waals surface area contributed by atoms with Crippen LogP contribution in [0.15, 0.2) is 34.2 Å². The van der Waals surface area contributed by atoms with E-state index in [0.717, 1.165) is 44.0 Å². The number of nitrogens with one attached hydrogen (secondary N) is 2. The topological polar surface area (TPSA) is 73.8 Å². The van der Waals surface area contributed by atoms with Gasteiger partial charge in [0.2, 0.25) is 0 Å². The van der Waals surface area contributed by atoms with E-state index < -0.39 is 9.84 Å². The summed E-state index contributed by atoms with van der Waals surface area (Å²) in [6.45, 7) is 9.09. The highest BCUT2D eigenvalue weighted by molar-refractivity contribution is 14.0. The molecule has 0 amide bonds. The first-order valence-corrected chi connectivity index (χ1v) is 11.9. The summed E-state index contributed by atoms with van der Waals surface area (Å²) in [4.78, 5) is 7.69. The summed E-state index contributed by atoms with van der Waals surface area (Å²) in [5.41, 5.74) is 1.11. The molecule has 0 spiro atoms. The van der Waals surface area contributed by atoms with Gasteiger partial charge in [0.1, 0.15) is 0 Å². The summed E-state index contributed by atoms with van der Waals surface area (Å²) >= 11 is 0. The van der Waals surface area contributed by atoms with Crippen LogP contribution in [-0.4, -0.2) is 64.3 Å². The molecule has 8 heteroatoms. The van der Waals surface area contributed by atoms with E-state index in [1.807, 2.05) is 12.1 Å². The minimum Gasteiger partial charge on any atom is -0.357 e. The number of guanidine groups is 1. The van der Waals surface area contributed by atoms with Crippen molar-refractivity contribution in [3.05, 3.63) is 29.8 Å². The van der Waals surface area contributed by atoms with Crippen LogP contribution in [0.25, 0.3) is 0 Å². The quantitative estimate of drug-likeness (QED) is 0.297. The number of nitrogens with zero attached hydrogens (tertiary/aromatic N) is 2. The van der Waals surface area contributed by atoms with Crippen LogP contribution in [0.4, 0.5) is 0 Å². The van der Waals surface area contributed by atoms with Crippen LogP contribution in [-0.2, 0) is 16.3 Å². The molecule has 1 aliphatic heterocycles. The maximum atomic E-state index is 11.5. The Morgan fingerprint density at radius 1 is 1.14 bits per heavy atom. The molecule has 6 nitrogen and oxygen atoms in total. The summed E-state index contributed by atoms with van der Waals surface area (Å²) in [6.07, 6.45) is 5.77. The summed E-state index contributed by atoms with van der Waals surface area (Å²) in [7, 11) is -3.13. The molecule has 2 rings (SSSR count). The Balaban J connectivity index is 0.00000392. The van der Waals surface area contributed by atoms with Crippen molar-refractivity contribution in [3.63, 3.8) is 0 Å². The highest BCUT2D eigenvalue weighted by atomic mass is 127. The number of likely N-dealkylation sites (tertiary alicyclic amines) is 1. The van der Waals surface area contributed by atoms with Gasteiger partial charge in [0, 0.05) is 25.4 Å². The van der Waals surface area contributed by atoms with E-state index in [1.165, 1.54) is 32.2 Å². The van der Waals surface area contributed by atoms with Crippen molar-refractivity contribution in [3.8, 4) is 0 Å². The number of aliphatic imine (C=N–C) groups is 1. The summed E-state index contributed by atoms with van der Waals surface area (Å²) < 4.78 is 23.1. The second-order valence-corrected chi connectivity index (χ2v) is 9.13. The summed E-state index contributed by atoms with van der Waals surface area (Å²) in [5.74, 6) is 0.850. The summed E-state index contributed by atoms with van der Waals surface area (Å²) in [6, 6.07) is 7.62. The fraction of sp³-hybridized carbons (Fsp3) is 0.650. The van der Waals surface area contributed by atoms with Crippen LogP contribution >= 0.6 is 24.0 Å². The van der Waals surface area contributed by atoms with Gasteiger partial charge in [-0.2, -0.15) is 0 Å². The van der Waals surface area contributed by atoms with E-state index >= 15 is 0 Å². The van der Waals surface area contributed by atoms with E-state index in [9.17, 15) is 8.42 Å². The van der Waals surface area contributed by atoms with Crippen LogP contribution in [0.3, 0.4) is 0 Å². The number of halogens is 1. The molecular formula is C20H35IN4O2S. The lowest BCUT2D eigenvalue weighted by Crippen LogP contribution is -2.40. The number of rotatable bonds is 9. The maximum absolute atomic E-state index is 11.5. The van der Waals surface area contributed by atoms with Gasteiger partial charge in [-0.15, -0.1) is 24.0 Å². The van der Waals surface area contributed by atoms with E-state index in [0.29, 0.717) is 10.9 Å². The number of hydrogen-bond donors (Lipinski definition) is 2. The lowest BCUT2D eigenvalue weighted by molar-refractivity contribution is 0.242. The summed E-state index contributed by atoms with van der Waals surface area (Å²) in [5, 5.41) is 6.70. The van der Waals surface area contributed by atoms with E-state index in [4.69, 9.17) is 4.99 Å². The molecule has 0 saturated carbocycles. The molecule has 1 saturated heterocycles. The van der Waals surface area contributed by atoms with Gasteiger partial charge >= 0.3 is 0 Å². The Labute approximate surface area is 187 Å². The van der Waals surface area contributed by atoms with E-state index in [2.05, 4.69) is 29.4 Å². The van der Waals surface area contributed by atoms with Crippen LogP contribution in [0, 0.1) is 0 Å². The maximum Gasteiger partial charge on any atom is 0.191 e. The molecule has 1 aliphatic rings. The number of sulfone groups is 1. The molecule has 28 heavy (non-hydrogen) atoms. The predicted octanol–water partition coefficient (Wildman–Crippen LogP) is 2.68. The molecule has 0 aromatic heterocycles. The van der Waals surface area contributed by atoms with Gasteiger partial charge in [-0.1, -0.05) is 19.1 Å². The molecule has 0 radical (unpaired) electrons. The predicted molar refractivity (Wildman–Crippen MR) is 128 cm³/mol. The second-order valence-electron chi connectivity index (χ2n) is 7.12. The molecule has 1 unspecified atom stereocenters. The van der Waals surface area contributed by atoms with E-state index in [-0.39, 0.29) is 24.0 Å². The Hall–Kier alpha value is -0.870. The molecule has 1 aromatic carbocycles. The van der Waals surface area contributed by atoms with E-state index in [1.54, 1.807) is 12.1 Å². The third-order valence-electron chi connectivity index (χ3n) is 4.99. The van der Waals surface area contributed by atoms with Crippen molar-refractivity contribution in [1.82, 2.24) is 15.5 Å². The molecule has 160 valence electrons. The molecule has 0 aliphatic carbocycles. The van der Waals surface area contributed by atoms with Gasteiger partial charge in [-0.05, 0) is 63.4 Å². The molecule has 0 bridgehead atoms. The zero-order chi connectivity index (χ0) is 19.7. The Morgan fingerprint density at radius 2 is 1.79 bits per heavy atom. The third-order valence-corrected chi connectivity index (χ3v) is 6.12. The van der Waals surface area contributed by atoms with Gasteiger partial charge < -0.3 is 10.6 Å². The van der Waals surface area contributed by atoms with Gasteiger partial charge in [0.05, 0.1) is 11.4 Å². The van der Waals surface area contributed by atoms with Crippen LogP contribution in [0.5, 0.6) is 0 Å². The highest BCUT2D eigenvalue weighted by Crippen LogP contribution is 2.14. The molecule has 2 N–H and O–H groups in total. The smallest absolute Gasteiger partial charge is 0.191 e. The van der Waals surface area contributed by atoms with Crippen molar-refractivity contribution in [2.45, 2.75) is 50.5 Å². The molecule has 1 aromatic rings. The van der Waals surface area contributed by atoms with Crippen LogP contribution in [0.2, 0.25) is 0 Å². The average molecular weight is 522 g/mol. The van der Waals surface area contributed by atoms with Gasteiger partial charge in [0.15, 0.2) is 15.8 Å². The fourth-order valence-corrected chi connectivity index (χ4v) is 4.01. The van der Waals surface area contributed by atoms with Crippen LogP contribution in [0.1, 0.15) is 38.7 Å². The minimum absolute atomic E-state index is 0. The largest absolute Gasteiger partial charge is 0.357 e. The standard InChI is InChI=1S/C20H34N4O2S.HI/c1-4-18(24-14-6-7-15-24)16-23-20(21-5-2)22-13-12-17-8-10-19(11-9-17)27(3,25)26;/h8-11,18H,4-7,12-16H2,1-3H3,(H2,21,22,23);1H. The minimum atomic E-state index is -3.13. The van der Waals surface area contributed by atoms with Crippen molar-refractivity contribution in [2.24, 2.45) is 4.99 Å². The van der Waals surface area contributed by atoms with Crippen molar-refractivity contribution in [1.29, 1.82) is 0 Å². The monoisotopic (exact) mass is 522 g/mol. The first-order valence-electron chi connectivity index (χ1n) is 9.99. The van der Waals surface area contributed by atoms with Crippen molar-refractivity contribution < 1.29 is 8.42 Å². The zero-order valence-electron chi connectivity index (χ0n) is 17.3. The lowest BCUT2D eigenvalue weighted by atomic mass is 10.1. The Bertz CT molecular complexity index is 701. The third kappa shape index (κ3) is 8.24. The average Bonchev–Trinajstić information content (AvgIpc) is 3.16. The first-order chi connectivity index (χ1) is 12.9. The normalized spacial score (nSPS) is 16.5. The van der Waals surface area contributed by atoms with Gasteiger partial charge in [-0.3, -0.25) is 9.89 Å². The molecule has 1 fully saturated rings. The number of hydrogen-bond acceptors (Lipinski definition) is 4. The lowest BCUT2D eigenvalue weighted by Gasteiger charge is -2.25. The van der Waals surface area contributed by atoms with Gasteiger partial charge in [0.25, 0.3) is 0 Å². The zero-order valence-corrected chi connectivity index (χ0v) is 20.4. The molecule has 1 heterocycles. The second kappa shape index (κ2) is 12.6. The first kappa shape index (κ1) is 25.2. The highest BCUT2D eigenvalue weighted by Gasteiger charge is 2.20. The Kier molecular flexibility index (Phi) is 11.4. The fourth-order valence-electron chi connectivity index (χ4n) is 3.38. The Morgan fingerprint density at radius 3 is 2.32 bits per heavy atom. The van der Waals surface area contributed by atoms with Crippen molar-refractivity contribution in [2.75, 3.05) is 39.0 Å². The molecular weight excluding hydrogens is 487 g/mol. The SMILES string of the molecule is CCNC(=NCC(CC)N1CCCC1)NCCc1ccc(S(C)(=O)=O)cc1.I. The molecule has 1 atom stereocenters. The van der Waals surface area contributed by atoms with Crippen molar-refractivity contribution >= 4 is 39.8 Å². The van der Waals surface area contributed by atoms with Crippen LogP contribution < -0.4 is 10.6 Å².